The number of nitrogens with one attached hydrogen (secondary N) is 1. The molecule has 108 valence electrons. The molecule has 1 rings (SSSR count). The molecule has 1 aromatic carbocycles. The summed E-state index contributed by atoms with van der Waals surface area (Å²) in [6.45, 7) is 5.78. The highest BCUT2D eigenvalue weighted by atomic mass is 35.5. The first kappa shape index (κ1) is 16.3. The average molecular weight is 304 g/mol. The average Bonchev–Trinajstić information content (AvgIpc) is 2.39. The van der Waals surface area contributed by atoms with Crippen LogP contribution in [0.2, 0.25) is 0 Å². The highest BCUT2D eigenvalue weighted by Crippen LogP contribution is 2.28. The van der Waals surface area contributed by atoms with Gasteiger partial charge in [0.2, 0.25) is 0 Å². The SMILES string of the molecule is CCC(C)(CCCl)Nc1ccccc1S(=O)(=O)CC. The molecule has 0 aliphatic heterocycles. The smallest absolute Gasteiger partial charge is 0.180 e. The number of hydrogen-bond donors (Lipinski definition) is 1. The third-order valence-corrected chi connectivity index (χ3v) is 5.44. The zero-order valence-corrected chi connectivity index (χ0v) is 13.3. The van der Waals surface area contributed by atoms with Crippen LogP contribution in [-0.2, 0) is 9.84 Å². The lowest BCUT2D eigenvalue weighted by Crippen LogP contribution is -2.35. The molecule has 0 saturated carbocycles. The second-order valence-electron chi connectivity index (χ2n) is 4.88. The summed E-state index contributed by atoms with van der Waals surface area (Å²) in [6, 6.07) is 7.05. The van der Waals surface area contributed by atoms with Gasteiger partial charge in [0.25, 0.3) is 0 Å². The minimum atomic E-state index is -3.22. The van der Waals surface area contributed by atoms with Crippen molar-refractivity contribution < 1.29 is 8.42 Å². The highest BCUT2D eigenvalue weighted by Gasteiger charge is 2.24. The van der Waals surface area contributed by atoms with Gasteiger partial charge in [0, 0.05) is 11.4 Å². The molecule has 19 heavy (non-hydrogen) atoms. The molecule has 1 unspecified atom stereocenters. The van der Waals surface area contributed by atoms with Gasteiger partial charge in [0.05, 0.1) is 16.3 Å². The van der Waals surface area contributed by atoms with Gasteiger partial charge in [-0.05, 0) is 31.9 Å². The van der Waals surface area contributed by atoms with Gasteiger partial charge in [0.1, 0.15) is 0 Å². The van der Waals surface area contributed by atoms with E-state index in [4.69, 9.17) is 11.6 Å². The predicted molar refractivity (Wildman–Crippen MR) is 81.8 cm³/mol. The molecule has 0 aromatic heterocycles. The Morgan fingerprint density at radius 2 is 1.89 bits per heavy atom. The number of rotatable bonds is 7. The molecule has 1 N–H and O–H groups in total. The molecule has 0 fully saturated rings. The summed E-state index contributed by atoms with van der Waals surface area (Å²) in [7, 11) is -3.22. The number of sulfone groups is 1. The second-order valence-corrected chi connectivity index (χ2v) is 7.50. The lowest BCUT2D eigenvalue weighted by Gasteiger charge is -2.31. The standard InChI is InChI=1S/C14H22ClNO2S/c1-4-14(3,10-11-15)16-12-8-6-7-9-13(12)19(17,18)5-2/h6-9,16H,4-5,10-11H2,1-3H3. The molecule has 1 atom stereocenters. The van der Waals surface area contributed by atoms with Crippen molar-refractivity contribution in [1.82, 2.24) is 0 Å². The zero-order chi connectivity index (χ0) is 14.5. The number of anilines is 1. The molecule has 0 saturated heterocycles. The summed E-state index contributed by atoms with van der Waals surface area (Å²) in [6.07, 6.45) is 1.66. The number of benzene rings is 1. The molecule has 0 heterocycles. The molecule has 0 bridgehead atoms. The third kappa shape index (κ3) is 4.11. The Bertz CT molecular complexity index is 516. The van der Waals surface area contributed by atoms with E-state index in [-0.39, 0.29) is 11.3 Å². The van der Waals surface area contributed by atoms with Gasteiger partial charge in [-0.25, -0.2) is 8.42 Å². The van der Waals surface area contributed by atoms with Gasteiger partial charge in [0.15, 0.2) is 9.84 Å². The fourth-order valence-electron chi connectivity index (χ4n) is 1.86. The highest BCUT2D eigenvalue weighted by molar-refractivity contribution is 7.91. The first-order chi connectivity index (χ1) is 8.88. The number of halogens is 1. The van der Waals surface area contributed by atoms with Crippen molar-refractivity contribution in [2.24, 2.45) is 0 Å². The van der Waals surface area contributed by atoms with E-state index in [1.54, 1.807) is 19.1 Å². The van der Waals surface area contributed by atoms with E-state index in [0.717, 1.165) is 12.8 Å². The van der Waals surface area contributed by atoms with Crippen LogP contribution in [-0.4, -0.2) is 25.6 Å². The molecule has 0 aliphatic rings. The fraction of sp³-hybridized carbons (Fsp3) is 0.571. The lowest BCUT2D eigenvalue weighted by atomic mass is 9.95. The fourth-order valence-corrected chi connectivity index (χ4v) is 3.33. The largest absolute Gasteiger partial charge is 0.379 e. The summed E-state index contributed by atoms with van der Waals surface area (Å²) >= 11 is 5.83. The maximum Gasteiger partial charge on any atom is 0.180 e. The molecule has 5 heteroatoms. The first-order valence-corrected chi connectivity index (χ1v) is 8.73. The molecule has 0 radical (unpaired) electrons. The Morgan fingerprint density at radius 1 is 1.26 bits per heavy atom. The van der Waals surface area contributed by atoms with Crippen molar-refractivity contribution in [2.45, 2.75) is 44.0 Å². The Kier molecular flexibility index (Phi) is 5.68. The van der Waals surface area contributed by atoms with E-state index in [9.17, 15) is 8.42 Å². The van der Waals surface area contributed by atoms with E-state index >= 15 is 0 Å². The van der Waals surface area contributed by atoms with Crippen molar-refractivity contribution >= 4 is 27.1 Å². The van der Waals surface area contributed by atoms with Crippen LogP contribution in [0.5, 0.6) is 0 Å². The van der Waals surface area contributed by atoms with Gasteiger partial charge < -0.3 is 5.32 Å². The predicted octanol–water partition coefficient (Wildman–Crippen LogP) is 3.69. The van der Waals surface area contributed by atoms with Crippen LogP contribution in [0.15, 0.2) is 29.2 Å². The Hall–Kier alpha value is -0.740. The first-order valence-electron chi connectivity index (χ1n) is 6.54. The van der Waals surface area contributed by atoms with Crippen LogP contribution >= 0.6 is 11.6 Å². The monoisotopic (exact) mass is 303 g/mol. The zero-order valence-electron chi connectivity index (χ0n) is 11.7. The number of alkyl halides is 1. The molecular weight excluding hydrogens is 282 g/mol. The molecule has 1 aromatic rings. The summed E-state index contributed by atoms with van der Waals surface area (Å²) < 4.78 is 24.2. The third-order valence-electron chi connectivity index (χ3n) is 3.47. The molecule has 0 amide bonds. The van der Waals surface area contributed by atoms with Crippen molar-refractivity contribution in [2.75, 3.05) is 16.9 Å². The van der Waals surface area contributed by atoms with Crippen LogP contribution in [0.1, 0.15) is 33.6 Å². The van der Waals surface area contributed by atoms with E-state index in [2.05, 4.69) is 19.2 Å². The quantitative estimate of drug-likeness (QED) is 0.781. The molecule has 3 nitrogen and oxygen atoms in total. The van der Waals surface area contributed by atoms with Crippen LogP contribution in [0.25, 0.3) is 0 Å². The van der Waals surface area contributed by atoms with Crippen LogP contribution in [0, 0.1) is 0 Å². The van der Waals surface area contributed by atoms with E-state index in [1.165, 1.54) is 0 Å². The Labute approximate surface area is 121 Å². The topological polar surface area (TPSA) is 46.2 Å². The van der Waals surface area contributed by atoms with Gasteiger partial charge in [-0.3, -0.25) is 0 Å². The summed E-state index contributed by atoms with van der Waals surface area (Å²) in [5.74, 6) is 0.643. The van der Waals surface area contributed by atoms with E-state index < -0.39 is 9.84 Å². The van der Waals surface area contributed by atoms with Gasteiger partial charge in [-0.2, -0.15) is 0 Å². The minimum absolute atomic E-state index is 0.101. The minimum Gasteiger partial charge on any atom is -0.379 e. The van der Waals surface area contributed by atoms with Crippen molar-refractivity contribution in [3.63, 3.8) is 0 Å². The molecular formula is C14H22ClNO2S. The van der Waals surface area contributed by atoms with Crippen molar-refractivity contribution in [3.05, 3.63) is 24.3 Å². The van der Waals surface area contributed by atoms with Crippen molar-refractivity contribution in [3.8, 4) is 0 Å². The van der Waals surface area contributed by atoms with E-state index in [0.29, 0.717) is 16.5 Å². The Morgan fingerprint density at radius 3 is 2.42 bits per heavy atom. The molecule has 0 spiro atoms. The van der Waals surface area contributed by atoms with Crippen molar-refractivity contribution in [1.29, 1.82) is 0 Å². The van der Waals surface area contributed by atoms with Gasteiger partial charge >= 0.3 is 0 Å². The maximum absolute atomic E-state index is 12.1. The number of hydrogen-bond acceptors (Lipinski definition) is 3. The van der Waals surface area contributed by atoms with E-state index in [1.807, 2.05) is 12.1 Å². The lowest BCUT2D eigenvalue weighted by molar-refractivity contribution is 0.480. The van der Waals surface area contributed by atoms with Crippen LogP contribution in [0.3, 0.4) is 0 Å². The van der Waals surface area contributed by atoms with Gasteiger partial charge in [-0.1, -0.05) is 26.0 Å². The second kappa shape index (κ2) is 6.62. The normalized spacial score (nSPS) is 14.9. The van der Waals surface area contributed by atoms with Gasteiger partial charge in [-0.15, -0.1) is 11.6 Å². The summed E-state index contributed by atoms with van der Waals surface area (Å²) in [4.78, 5) is 0.367. The summed E-state index contributed by atoms with van der Waals surface area (Å²) in [5.41, 5.74) is 0.472. The van der Waals surface area contributed by atoms with Crippen LogP contribution < -0.4 is 5.32 Å². The maximum atomic E-state index is 12.1. The summed E-state index contributed by atoms with van der Waals surface area (Å²) in [5, 5.41) is 3.35. The Balaban J connectivity index is 3.15. The van der Waals surface area contributed by atoms with Crippen LogP contribution in [0.4, 0.5) is 5.69 Å². The molecule has 0 aliphatic carbocycles. The number of para-hydroxylation sites is 1.